The lowest BCUT2D eigenvalue weighted by molar-refractivity contribution is 0.0861. The Balaban J connectivity index is 2.27. The second-order valence-electron chi connectivity index (χ2n) is 3.81. The number of hydrogen-bond donors (Lipinski definition) is 1. The average Bonchev–Trinajstić information content (AvgIpc) is 2.71. The second kappa shape index (κ2) is 4.64. The Morgan fingerprint density at radius 1 is 1.20 bits per heavy atom. The van der Waals surface area contributed by atoms with Crippen molar-refractivity contribution < 1.29 is 9.57 Å². The summed E-state index contributed by atoms with van der Waals surface area (Å²) in [5.41, 5.74) is 6.92. The molecule has 1 aliphatic rings. The molecular weight excluding hydrogens is 190 g/mol. The summed E-state index contributed by atoms with van der Waals surface area (Å²) in [5, 5.41) is 0. The zero-order valence-electron chi connectivity index (χ0n) is 9.30. The Morgan fingerprint density at radius 2 is 1.93 bits per heavy atom. The van der Waals surface area contributed by atoms with Gasteiger partial charge in [-0.3, -0.25) is 0 Å². The molecule has 0 fully saturated rings. The van der Waals surface area contributed by atoms with Crippen LogP contribution < -0.4 is 10.2 Å². The molecule has 82 valence electrons. The van der Waals surface area contributed by atoms with Crippen molar-refractivity contribution >= 4 is 0 Å². The predicted molar refractivity (Wildman–Crippen MR) is 58.9 cm³/mol. The van der Waals surface area contributed by atoms with Crippen LogP contribution in [0.5, 0.6) is 5.75 Å². The van der Waals surface area contributed by atoms with E-state index in [1.54, 1.807) is 14.2 Å². The molecule has 0 spiro atoms. The summed E-state index contributed by atoms with van der Waals surface area (Å²) in [4.78, 5) is 4.86. The van der Waals surface area contributed by atoms with Gasteiger partial charge in [0.25, 0.3) is 0 Å². The van der Waals surface area contributed by atoms with E-state index in [1.807, 2.05) is 0 Å². The first-order chi connectivity index (χ1) is 7.35. The van der Waals surface area contributed by atoms with Crippen LogP contribution >= 0.6 is 0 Å². The second-order valence-corrected chi connectivity index (χ2v) is 3.81. The van der Waals surface area contributed by atoms with Crippen LogP contribution in [0.1, 0.15) is 23.1 Å². The van der Waals surface area contributed by atoms with Gasteiger partial charge in [0, 0.05) is 12.1 Å². The van der Waals surface area contributed by atoms with Gasteiger partial charge in [0.05, 0.1) is 14.2 Å². The molecule has 1 N–H and O–H groups in total. The molecule has 1 aliphatic carbocycles. The zero-order valence-corrected chi connectivity index (χ0v) is 9.30. The zero-order chi connectivity index (χ0) is 10.7. The molecule has 0 heterocycles. The van der Waals surface area contributed by atoms with Crippen molar-refractivity contribution in [1.29, 1.82) is 0 Å². The highest BCUT2D eigenvalue weighted by atomic mass is 16.6. The lowest BCUT2D eigenvalue weighted by Gasteiger charge is -2.11. The standard InChI is InChI=1S/C12H17NO2/c1-14-12-7-10-5-3-4-9(10)6-11(12)8-13-15-2/h6-7,13H,3-5,8H2,1-2H3. The van der Waals surface area contributed by atoms with Crippen LogP contribution in [-0.2, 0) is 24.2 Å². The topological polar surface area (TPSA) is 30.5 Å². The fraction of sp³-hybridized carbons (Fsp3) is 0.500. The molecule has 1 aromatic carbocycles. The van der Waals surface area contributed by atoms with Gasteiger partial charge in [-0.1, -0.05) is 6.07 Å². The average molecular weight is 207 g/mol. The summed E-state index contributed by atoms with van der Waals surface area (Å²) >= 11 is 0. The van der Waals surface area contributed by atoms with Crippen molar-refractivity contribution in [3.05, 3.63) is 28.8 Å². The lowest BCUT2D eigenvalue weighted by atomic mass is 10.1. The molecule has 0 amide bonds. The van der Waals surface area contributed by atoms with Crippen molar-refractivity contribution in [2.24, 2.45) is 0 Å². The van der Waals surface area contributed by atoms with E-state index in [4.69, 9.17) is 9.57 Å². The van der Waals surface area contributed by atoms with Gasteiger partial charge in [0.15, 0.2) is 0 Å². The summed E-state index contributed by atoms with van der Waals surface area (Å²) in [6.07, 6.45) is 3.64. The molecule has 0 radical (unpaired) electrons. The summed E-state index contributed by atoms with van der Waals surface area (Å²) in [5.74, 6) is 0.959. The van der Waals surface area contributed by atoms with Crippen molar-refractivity contribution in [2.45, 2.75) is 25.8 Å². The van der Waals surface area contributed by atoms with Gasteiger partial charge >= 0.3 is 0 Å². The molecular formula is C12H17NO2. The molecule has 0 aromatic heterocycles. The van der Waals surface area contributed by atoms with Gasteiger partial charge in [-0.25, -0.2) is 0 Å². The van der Waals surface area contributed by atoms with Crippen molar-refractivity contribution in [3.63, 3.8) is 0 Å². The summed E-state index contributed by atoms with van der Waals surface area (Å²) < 4.78 is 5.37. The van der Waals surface area contributed by atoms with Crippen LogP contribution in [0.2, 0.25) is 0 Å². The van der Waals surface area contributed by atoms with E-state index in [9.17, 15) is 0 Å². The normalized spacial score (nSPS) is 14.0. The number of benzene rings is 1. The largest absolute Gasteiger partial charge is 0.496 e. The van der Waals surface area contributed by atoms with E-state index in [0.717, 1.165) is 5.75 Å². The fourth-order valence-electron chi connectivity index (χ4n) is 2.13. The third-order valence-corrected chi connectivity index (χ3v) is 2.90. The van der Waals surface area contributed by atoms with Crippen LogP contribution in [0.25, 0.3) is 0 Å². The smallest absolute Gasteiger partial charge is 0.123 e. The van der Waals surface area contributed by atoms with E-state index in [1.165, 1.54) is 36.0 Å². The van der Waals surface area contributed by atoms with Gasteiger partial charge in [-0.05, 0) is 36.5 Å². The minimum atomic E-state index is 0.687. The van der Waals surface area contributed by atoms with E-state index in [2.05, 4.69) is 17.6 Å². The van der Waals surface area contributed by atoms with Gasteiger partial charge in [-0.2, -0.15) is 5.48 Å². The highest BCUT2D eigenvalue weighted by Gasteiger charge is 2.14. The van der Waals surface area contributed by atoms with Gasteiger partial charge in [-0.15, -0.1) is 0 Å². The van der Waals surface area contributed by atoms with Gasteiger partial charge < -0.3 is 9.57 Å². The molecule has 3 nitrogen and oxygen atoms in total. The number of nitrogens with one attached hydrogen (secondary N) is 1. The monoisotopic (exact) mass is 207 g/mol. The van der Waals surface area contributed by atoms with Gasteiger partial charge in [0.2, 0.25) is 0 Å². The van der Waals surface area contributed by atoms with Crippen LogP contribution in [0.15, 0.2) is 12.1 Å². The van der Waals surface area contributed by atoms with Crippen LogP contribution in [-0.4, -0.2) is 14.2 Å². The predicted octanol–water partition coefficient (Wildman–Crippen LogP) is 1.83. The third kappa shape index (κ3) is 2.13. The number of methoxy groups -OCH3 is 1. The summed E-state index contributed by atoms with van der Waals surface area (Å²) in [6, 6.07) is 4.39. The quantitative estimate of drug-likeness (QED) is 0.764. The van der Waals surface area contributed by atoms with Crippen molar-refractivity contribution in [2.75, 3.05) is 14.2 Å². The fourth-order valence-corrected chi connectivity index (χ4v) is 2.13. The van der Waals surface area contributed by atoms with Crippen LogP contribution in [0, 0.1) is 0 Å². The molecule has 15 heavy (non-hydrogen) atoms. The van der Waals surface area contributed by atoms with Crippen molar-refractivity contribution in [1.82, 2.24) is 5.48 Å². The highest BCUT2D eigenvalue weighted by molar-refractivity contribution is 5.44. The molecule has 2 rings (SSSR count). The maximum absolute atomic E-state index is 5.37. The van der Waals surface area contributed by atoms with Gasteiger partial charge in [0.1, 0.15) is 5.75 Å². The first kappa shape index (κ1) is 10.5. The molecule has 1 aromatic rings. The molecule has 0 saturated heterocycles. The first-order valence-corrected chi connectivity index (χ1v) is 5.29. The van der Waals surface area contributed by atoms with E-state index in [-0.39, 0.29) is 0 Å². The third-order valence-electron chi connectivity index (χ3n) is 2.90. The number of hydroxylamine groups is 1. The minimum Gasteiger partial charge on any atom is -0.496 e. The maximum Gasteiger partial charge on any atom is 0.123 e. The Morgan fingerprint density at radius 3 is 2.60 bits per heavy atom. The molecule has 0 unspecified atom stereocenters. The van der Waals surface area contributed by atoms with Crippen LogP contribution in [0.3, 0.4) is 0 Å². The van der Waals surface area contributed by atoms with E-state index < -0.39 is 0 Å². The van der Waals surface area contributed by atoms with E-state index >= 15 is 0 Å². The first-order valence-electron chi connectivity index (χ1n) is 5.29. The molecule has 0 bridgehead atoms. The Bertz CT molecular complexity index is 350. The van der Waals surface area contributed by atoms with E-state index in [0.29, 0.717) is 6.54 Å². The van der Waals surface area contributed by atoms with Crippen LogP contribution in [0.4, 0.5) is 0 Å². The number of rotatable bonds is 4. The highest BCUT2D eigenvalue weighted by Crippen LogP contribution is 2.29. The lowest BCUT2D eigenvalue weighted by Crippen LogP contribution is -2.12. The number of fused-ring (bicyclic) bond motifs is 1. The Labute approximate surface area is 90.3 Å². The Kier molecular flexibility index (Phi) is 3.23. The summed E-state index contributed by atoms with van der Waals surface area (Å²) in [6.45, 7) is 0.687. The minimum absolute atomic E-state index is 0.687. The SMILES string of the molecule is CONCc1cc2c(cc1OC)CCC2. The van der Waals surface area contributed by atoms with Crippen molar-refractivity contribution in [3.8, 4) is 5.75 Å². The summed E-state index contributed by atoms with van der Waals surface area (Å²) in [7, 11) is 3.34. The molecule has 0 aliphatic heterocycles. The molecule has 0 atom stereocenters. The molecule has 0 saturated carbocycles. The number of hydrogen-bond acceptors (Lipinski definition) is 3. The number of aryl methyl sites for hydroxylation is 2. The molecule has 3 heteroatoms. The Hall–Kier alpha value is -1.06. The maximum atomic E-state index is 5.37. The number of ether oxygens (including phenoxy) is 1.